The van der Waals surface area contributed by atoms with Crippen molar-refractivity contribution in [3.63, 3.8) is 0 Å². The van der Waals surface area contributed by atoms with Crippen molar-refractivity contribution in [2.45, 2.75) is 31.5 Å². The quantitative estimate of drug-likeness (QED) is 0.918. The van der Waals surface area contributed by atoms with Crippen LogP contribution in [0.15, 0.2) is 47.2 Å². The first kappa shape index (κ1) is 13.3. The van der Waals surface area contributed by atoms with Gasteiger partial charge < -0.3 is 10.6 Å². The standard InChI is InChI=1S/C16H18N2OS/c17-15(13-4-2-1-3-5-13)16(19)18(14-6-7-14)10-12-8-9-20-11-12/h1-5,8-9,11,14-15H,6-7,10,17H2/t15-/m0/s1. The van der Waals surface area contributed by atoms with E-state index in [-0.39, 0.29) is 5.91 Å². The number of carbonyl (C=O) groups excluding carboxylic acids is 1. The zero-order valence-corrected chi connectivity index (χ0v) is 12.1. The first-order chi connectivity index (χ1) is 9.75. The summed E-state index contributed by atoms with van der Waals surface area (Å²) < 4.78 is 0. The monoisotopic (exact) mass is 286 g/mol. The largest absolute Gasteiger partial charge is 0.334 e. The van der Waals surface area contributed by atoms with Crippen molar-refractivity contribution in [1.82, 2.24) is 4.90 Å². The molecule has 3 rings (SSSR count). The minimum absolute atomic E-state index is 0.0323. The van der Waals surface area contributed by atoms with E-state index in [4.69, 9.17) is 5.73 Å². The molecule has 1 heterocycles. The lowest BCUT2D eigenvalue weighted by Gasteiger charge is -2.25. The molecular formula is C16H18N2OS. The van der Waals surface area contributed by atoms with Gasteiger partial charge in [-0.1, -0.05) is 30.3 Å². The van der Waals surface area contributed by atoms with Crippen LogP contribution in [0.1, 0.15) is 30.0 Å². The molecule has 1 aromatic heterocycles. The minimum Gasteiger partial charge on any atom is -0.334 e. The van der Waals surface area contributed by atoms with Crippen LogP contribution in [-0.4, -0.2) is 16.8 Å². The van der Waals surface area contributed by atoms with E-state index < -0.39 is 6.04 Å². The van der Waals surface area contributed by atoms with Crippen LogP contribution in [0.2, 0.25) is 0 Å². The number of benzene rings is 1. The Bertz CT molecular complexity index is 563. The normalized spacial score (nSPS) is 15.8. The first-order valence-electron chi connectivity index (χ1n) is 6.88. The molecule has 1 aliphatic rings. The molecule has 1 fully saturated rings. The Balaban J connectivity index is 1.75. The van der Waals surface area contributed by atoms with Crippen LogP contribution in [-0.2, 0) is 11.3 Å². The molecule has 0 saturated heterocycles. The van der Waals surface area contributed by atoms with Crippen LogP contribution in [0, 0.1) is 0 Å². The number of hydrogen-bond donors (Lipinski definition) is 1. The Hall–Kier alpha value is -1.65. The second kappa shape index (κ2) is 5.77. The summed E-state index contributed by atoms with van der Waals surface area (Å²) in [5, 5.41) is 4.14. The highest BCUT2D eigenvalue weighted by atomic mass is 32.1. The van der Waals surface area contributed by atoms with Crippen molar-refractivity contribution in [3.05, 3.63) is 58.3 Å². The highest BCUT2D eigenvalue weighted by molar-refractivity contribution is 7.07. The highest BCUT2D eigenvalue weighted by Crippen LogP contribution is 2.30. The average Bonchev–Trinajstić information content (AvgIpc) is 3.21. The molecule has 104 valence electrons. The molecule has 4 heteroatoms. The molecule has 0 bridgehead atoms. The van der Waals surface area contributed by atoms with Crippen molar-refractivity contribution in [3.8, 4) is 0 Å². The van der Waals surface area contributed by atoms with Crippen LogP contribution in [0.5, 0.6) is 0 Å². The molecule has 1 aromatic carbocycles. The van der Waals surface area contributed by atoms with Crippen LogP contribution in [0.3, 0.4) is 0 Å². The molecule has 2 aromatic rings. The van der Waals surface area contributed by atoms with Gasteiger partial charge in [-0.05, 0) is 40.8 Å². The number of rotatable bonds is 5. The third kappa shape index (κ3) is 2.92. The summed E-state index contributed by atoms with van der Waals surface area (Å²) in [5.41, 5.74) is 8.22. The van der Waals surface area contributed by atoms with Crippen molar-refractivity contribution >= 4 is 17.2 Å². The fourth-order valence-corrected chi connectivity index (χ4v) is 2.99. The maximum absolute atomic E-state index is 12.7. The van der Waals surface area contributed by atoms with Gasteiger partial charge in [-0.25, -0.2) is 0 Å². The number of nitrogens with two attached hydrogens (primary N) is 1. The van der Waals surface area contributed by atoms with E-state index in [0.717, 1.165) is 18.4 Å². The minimum atomic E-state index is -0.560. The maximum atomic E-state index is 12.7. The summed E-state index contributed by atoms with van der Waals surface area (Å²) in [6.07, 6.45) is 2.19. The molecule has 1 amide bonds. The predicted octanol–water partition coefficient (Wildman–Crippen LogP) is 2.94. The Labute approximate surface area is 123 Å². The van der Waals surface area contributed by atoms with Gasteiger partial charge in [0.15, 0.2) is 0 Å². The van der Waals surface area contributed by atoms with Gasteiger partial charge >= 0.3 is 0 Å². The van der Waals surface area contributed by atoms with Crippen molar-refractivity contribution < 1.29 is 4.79 Å². The van der Waals surface area contributed by atoms with E-state index in [1.807, 2.05) is 40.6 Å². The molecule has 20 heavy (non-hydrogen) atoms. The van der Waals surface area contributed by atoms with Gasteiger partial charge in [-0.15, -0.1) is 0 Å². The van der Waals surface area contributed by atoms with Crippen LogP contribution in [0.25, 0.3) is 0 Å². The van der Waals surface area contributed by atoms with Crippen LogP contribution < -0.4 is 5.73 Å². The third-order valence-corrected chi connectivity index (χ3v) is 4.36. The predicted molar refractivity (Wildman–Crippen MR) is 81.3 cm³/mol. The van der Waals surface area contributed by atoms with E-state index in [1.54, 1.807) is 11.3 Å². The lowest BCUT2D eigenvalue weighted by atomic mass is 10.1. The zero-order valence-electron chi connectivity index (χ0n) is 11.2. The molecular weight excluding hydrogens is 268 g/mol. The molecule has 0 spiro atoms. The van der Waals surface area contributed by atoms with Crippen molar-refractivity contribution in [2.75, 3.05) is 0 Å². The summed E-state index contributed by atoms with van der Waals surface area (Å²) in [4.78, 5) is 14.6. The summed E-state index contributed by atoms with van der Waals surface area (Å²) >= 11 is 1.66. The molecule has 1 saturated carbocycles. The first-order valence-corrected chi connectivity index (χ1v) is 7.82. The Morgan fingerprint density at radius 3 is 2.65 bits per heavy atom. The number of amides is 1. The van der Waals surface area contributed by atoms with Gasteiger partial charge in [0.2, 0.25) is 5.91 Å². The van der Waals surface area contributed by atoms with Gasteiger partial charge in [-0.2, -0.15) is 11.3 Å². The topological polar surface area (TPSA) is 46.3 Å². The molecule has 1 atom stereocenters. The fourth-order valence-electron chi connectivity index (χ4n) is 2.33. The van der Waals surface area contributed by atoms with E-state index in [2.05, 4.69) is 11.4 Å². The van der Waals surface area contributed by atoms with Gasteiger partial charge in [0.05, 0.1) is 0 Å². The zero-order chi connectivity index (χ0) is 13.9. The SMILES string of the molecule is N[C@H](C(=O)N(Cc1ccsc1)C1CC1)c1ccccc1. The van der Waals surface area contributed by atoms with Gasteiger partial charge in [0.25, 0.3) is 0 Å². The summed E-state index contributed by atoms with van der Waals surface area (Å²) in [6.45, 7) is 0.674. The highest BCUT2D eigenvalue weighted by Gasteiger charge is 2.35. The number of carbonyl (C=O) groups is 1. The van der Waals surface area contributed by atoms with Crippen molar-refractivity contribution in [1.29, 1.82) is 0 Å². The molecule has 3 nitrogen and oxygen atoms in total. The fraction of sp³-hybridized carbons (Fsp3) is 0.312. The van der Waals surface area contributed by atoms with E-state index in [1.165, 1.54) is 5.56 Å². The Kier molecular flexibility index (Phi) is 3.85. The molecule has 0 radical (unpaired) electrons. The average molecular weight is 286 g/mol. The molecule has 2 N–H and O–H groups in total. The summed E-state index contributed by atoms with van der Waals surface area (Å²) in [5.74, 6) is 0.0323. The second-order valence-electron chi connectivity index (χ2n) is 5.22. The number of nitrogens with zero attached hydrogens (tertiary/aromatic N) is 1. The van der Waals surface area contributed by atoms with E-state index in [0.29, 0.717) is 12.6 Å². The number of thiophene rings is 1. The Morgan fingerprint density at radius 1 is 1.30 bits per heavy atom. The molecule has 0 unspecified atom stereocenters. The van der Waals surface area contributed by atoms with Gasteiger partial charge in [0.1, 0.15) is 6.04 Å². The third-order valence-electron chi connectivity index (χ3n) is 3.63. The van der Waals surface area contributed by atoms with Crippen molar-refractivity contribution in [2.24, 2.45) is 5.73 Å². The smallest absolute Gasteiger partial charge is 0.244 e. The molecule has 0 aliphatic heterocycles. The maximum Gasteiger partial charge on any atom is 0.244 e. The van der Waals surface area contributed by atoms with Crippen LogP contribution >= 0.6 is 11.3 Å². The Morgan fingerprint density at radius 2 is 2.05 bits per heavy atom. The van der Waals surface area contributed by atoms with Gasteiger partial charge in [-0.3, -0.25) is 4.79 Å². The van der Waals surface area contributed by atoms with Gasteiger partial charge in [0, 0.05) is 12.6 Å². The number of hydrogen-bond acceptors (Lipinski definition) is 3. The lowest BCUT2D eigenvalue weighted by Crippen LogP contribution is -2.39. The van der Waals surface area contributed by atoms with E-state index in [9.17, 15) is 4.79 Å². The summed E-state index contributed by atoms with van der Waals surface area (Å²) in [7, 11) is 0. The lowest BCUT2D eigenvalue weighted by molar-refractivity contribution is -0.134. The van der Waals surface area contributed by atoms with Crippen LogP contribution in [0.4, 0.5) is 0 Å². The second-order valence-corrected chi connectivity index (χ2v) is 6.00. The van der Waals surface area contributed by atoms with E-state index >= 15 is 0 Å². The molecule has 1 aliphatic carbocycles. The summed E-state index contributed by atoms with van der Waals surface area (Å²) in [6, 6.07) is 11.5.